The van der Waals surface area contributed by atoms with E-state index in [1.54, 1.807) is 0 Å². The summed E-state index contributed by atoms with van der Waals surface area (Å²) in [5, 5.41) is 0. The van der Waals surface area contributed by atoms with Crippen molar-refractivity contribution in [3.8, 4) is 0 Å². The number of allylic oxidation sites excluding steroid dienone is 2. The number of hydrogen-bond donors (Lipinski definition) is 0. The van der Waals surface area contributed by atoms with E-state index in [-0.39, 0.29) is 5.97 Å². The van der Waals surface area contributed by atoms with Gasteiger partial charge in [-0.15, -0.1) is 0 Å². The molecule has 15 heavy (non-hydrogen) atoms. The van der Waals surface area contributed by atoms with Crippen molar-refractivity contribution in [2.24, 2.45) is 0 Å². The van der Waals surface area contributed by atoms with Crippen LogP contribution in [0.15, 0.2) is 24.0 Å². The van der Waals surface area contributed by atoms with Crippen LogP contribution < -0.4 is 0 Å². The Morgan fingerprint density at radius 3 is 2.93 bits per heavy atom. The molecule has 1 aliphatic carbocycles. The number of ether oxygens (including phenoxy) is 1. The molecule has 0 unspecified atom stereocenters. The molecular weight excluding hydrogens is 188 g/mol. The molecule has 0 aromatic carbocycles. The summed E-state index contributed by atoms with van der Waals surface area (Å²) in [6.45, 7) is 5.86. The molecule has 0 aliphatic heterocycles. The van der Waals surface area contributed by atoms with Crippen LogP contribution in [0.2, 0.25) is 0 Å². The van der Waals surface area contributed by atoms with Crippen LogP contribution in [-0.4, -0.2) is 5.97 Å². The molecule has 0 spiro atoms. The number of carbonyl (C=O) groups is 1. The fourth-order valence-corrected chi connectivity index (χ4v) is 1.58. The largest absolute Gasteiger partial charge is 0.428 e. The summed E-state index contributed by atoms with van der Waals surface area (Å²) in [5.74, 6) is 0.598. The monoisotopic (exact) mass is 208 g/mol. The molecule has 1 rings (SSSR count). The quantitative estimate of drug-likeness (QED) is 0.508. The topological polar surface area (TPSA) is 26.3 Å². The van der Waals surface area contributed by atoms with Gasteiger partial charge in [0.2, 0.25) is 0 Å². The van der Waals surface area contributed by atoms with Crippen LogP contribution >= 0.6 is 0 Å². The van der Waals surface area contributed by atoms with Crippen molar-refractivity contribution in [2.75, 3.05) is 0 Å². The van der Waals surface area contributed by atoms with E-state index in [9.17, 15) is 4.79 Å². The van der Waals surface area contributed by atoms with Crippen LogP contribution in [0.3, 0.4) is 0 Å². The van der Waals surface area contributed by atoms with Gasteiger partial charge in [-0.05, 0) is 38.2 Å². The van der Waals surface area contributed by atoms with Crippen LogP contribution in [0.5, 0.6) is 0 Å². The first-order valence-electron chi connectivity index (χ1n) is 5.83. The molecule has 0 aromatic heterocycles. The van der Waals surface area contributed by atoms with Gasteiger partial charge in [-0.3, -0.25) is 0 Å². The summed E-state index contributed by atoms with van der Waals surface area (Å²) in [7, 11) is 0. The average Bonchev–Trinajstić information content (AvgIpc) is 2.27. The van der Waals surface area contributed by atoms with Crippen molar-refractivity contribution >= 4 is 5.97 Å². The summed E-state index contributed by atoms with van der Waals surface area (Å²) in [4.78, 5) is 11.6. The zero-order valence-corrected chi connectivity index (χ0v) is 9.55. The predicted molar refractivity (Wildman–Crippen MR) is 61.3 cm³/mol. The molecule has 0 atom stereocenters. The predicted octanol–water partition coefficient (Wildman–Crippen LogP) is 3.73. The van der Waals surface area contributed by atoms with E-state index >= 15 is 0 Å². The summed E-state index contributed by atoms with van der Waals surface area (Å²) in [6.07, 6.45) is 9.12. The highest BCUT2D eigenvalue weighted by Crippen LogP contribution is 2.20. The molecular formula is C13H20O2. The molecule has 84 valence electrons. The number of esters is 1. The van der Waals surface area contributed by atoms with Gasteiger partial charge in [-0.2, -0.15) is 0 Å². The highest BCUT2D eigenvalue weighted by atomic mass is 16.5. The Morgan fingerprint density at radius 1 is 1.53 bits per heavy atom. The lowest BCUT2D eigenvalue weighted by molar-refractivity contribution is -0.135. The highest BCUT2D eigenvalue weighted by molar-refractivity contribution is 5.88. The Kier molecular flexibility index (Phi) is 5.16. The second-order valence-electron chi connectivity index (χ2n) is 4.01. The third-order valence-electron chi connectivity index (χ3n) is 2.59. The van der Waals surface area contributed by atoms with Crippen LogP contribution in [0, 0.1) is 0 Å². The summed E-state index contributed by atoms with van der Waals surface area (Å²) < 4.78 is 5.27. The van der Waals surface area contributed by atoms with Gasteiger partial charge in [0.05, 0.1) is 0 Å². The van der Waals surface area contributed by atoms with Gasteiger partial charge in [0.25, 0.3) is 0 Å². The molecule has 0 saturated carbocycles. The van der Waals surface area contributed by atoms with Crippen molar-refractivity contribution in [2.45, 2.75) is 51.9 Å². The molecule has 0 bridgehead atoms. The molecule has 0 N–H and O–H groups in total. The minimum atomic E-state index is -0.239. The standard InChI is InChI=1S/C13H20O2/c1-3-4-8-11(2)13(14)15-12-9-6-5-7-10-12/h9H,2-8,10H2,1H3. The number of hydrogen-bond acceptors (Lipinski definition) is 2. The van der Waals surface area contributed by atoms with Gasteiger partial charge in [0, 0.05) is 12.0 Å². The van der Waals surface area contributed by atoms with Crippen molar-refractivity contribution in [1.82, 2.24) is 0 Å². The summed E-state index contributed by atoms with van der Waals surface area (Å²) in [5.41, 5.74) is 0.600. The maximum atomic E-state index is 11.6. The zero-order valence-electron chi connectivity index (χ0n) is 9.55. The van der Waals surface area contributed by atoms with Gasteiger partial charge in [-0.25, -0.2) is 4.79 Å². The average molecular weight is 208 g/mol. The molecule has 2 heteroatoms. The number of rotatable bonds is 5. The molecule has 0 amide bonds. The molecule has 0 heterocycles. The minimum absolute atomic E-state index is 0.239. The SMILES string of the molecule is C=C(CCCC)C(=O)OC1=CCCCC1. The maximum absolute atomic E-state index is 11.6. The van der Waals surface area contributed by atoms with E-state index in [4.69, 9.17) is 4.74 Å². The lowest BCUT2D eigenvalue weighted by Gasteiger charge is -2.13. The van der Waals surface area contributed by atoms with Gasteiger partial charge in [-0.1, -0.05) is 19.9 Å². The fraction of sp³-hybridized carbons (Fsp3) is 0.615. The second kappa shape index (κ2) is 6.44. The van der Waals surface area contributed by atoms with Crippen LogP contribution in [0.4, 0.5) is 0 Å². The Bertz CT molecular complexity index is 264. The lowest BCUT2D eigenvalue weighted by atomic mass is 10.1. The van der Waals surface area contributed by atoms with Crippen molar-refractivity contribution in [3.05, 3.63) is 24.0 Å². The van der Waals surface area contributed by atoms with Gasteiger partial charge < -0.3 is 4.74 Å². The van der Waals surface area contributed by atoms with E-state index in [0.717, 1.165) is 44.3 Å². The first-order chi connectivity index (χ1) is 7.24. The molecule has 0 radical (unpaired) electrons. The minimum Gasteiger partial charge on any atom is -0.428 e. The lowest BCUT2D eigenvalue weighted by Crippen LogP contribution is -2.08. The Labute approximate surface area is 92.0 Å². The Hall–Kier alpha value is -1.05. The van der Waals surface area contributed by atoms with Crippen molar-refractivity contribution in [3.63, 3.8) is 0 Å². The smallest absolute Gasteiger partial charge is 0.338 e. The van der Waals surface area contributed by atoms with E-state index in [0.29, 0.717) is 5.57 Å². The molecule has 0 aromatic rings. The van der Waals surface area contributed by atoms with Crippen molar-refractivity contribution in [1.29, 1.82) is 0 Å². The first kappa shape index (κ1) is 12.0. The van der Waals surface area contributed by atoms with Crippen LogP contribution in [0.25, 0.3) is 0 Å². The summed E-state index contributed by atoms with van der Waals surface area (Å²) in [6, 6.07) is 0. The van der Waals surface area contributed by atoms with E-state index < -0.39 is 0 Å². The second-order valence-corrected chi connectivity index (χ2v) is 4.01. The van der Waals surface area contributed by atoms with E-state index in [1.807, 2.05) is 6.08 Å². The molecule has 1 aliphatic rings. The maximum Gasteiger partial charge on any atom is 0.338 e. The van der Waals surface area contributed by atoms with Gasteiger partial charge in [0.1, 0.15) is 5.76 Å². The fourth-order valence-electron chi connectivity index (χ4n) is 1.58. The number of carbonyl (C=O) groups excluding carboxylic acids is 1. The number of unbranched alkanes of at least 4 members (excludes halogenated alkanes) is 1. The van der Waals surface area contributed by atoms with Crippen LogP contribution in [0.1, 0.15) is 51.9 Å². The van der Waals surface area contributed by atoms with E-state index in [1.165, 1.54) is 6.42 Å². The Balaban J connectivity index is 2.34. The van der Waals surface area contributed by atoms with Gasteiger partial charge >= 0.3 is 5.97 Å². The zero-order chi connectivity index (χ0) is 11.1. The normalized spacial score (nSPS) is 15.7. The molecule has 0 fully saturated rings. The highest BCUT2D eigenvalue weighted by Gasteiger charge is 2.12. The third-order valence-corrected chi connectivity index (χ3v) is 2.59. The van der Waals surface area contributed by atoms with Gasteiger partial charge in [0.15, 0.2) is 0 Å². The molecule has 0 saturated heterocycles. The summed E-state index contributed by atoms with van der Waals surface area (Å²) >= 11 is 0. The first-order valence-corrected chi connectivity index (χ1v) is 5.83. The van der Waals surface area contributed by atoms with Crippen molar-refractivity contribution < 1.29 is 9.53 Å². The van der Waals surface area contributed by atoms with E-state index in [2.05, 4.69) is 13.5 Å². The molecule has 2 nitrogen and oxygen atoms in total. The van der Waals surface area contributed by atoms with Crippen LogP contribution in [-0.2, 0) is 9.53 Å². The Morgan fingerprint density at radius 2 is 2.33 bits per heavy atom. The third kappa shape index (κ3) is 4.32.